The summed E-state index contributed by atoms with van der Waals surface area (Å²) < 4.78 is 28.5. The number of anilines is 1. The first-order chi connectivity index (χ1) is 12.6. The molecule has 2 aromatic rings. The zero-order valence-electron chi connectivity index (χ0n) is 16.2. The average Bonchev–Trinajstić information content (AvgIpc) is 2.55. The molecule has 0 aliphatic carbocycles. The van der Waals surface area contributed by atoms with Gasteiger partial charge in [0.15, 0.2) is 0 Å². The second kappa shape index (κ2) is 8.57. The van der Waals surface area contributed by atoms with Crippen LogP contribution in [0, 0.1) is 6.92 Å². The van der Waals surface area contributed by atoms with E-state index in [0.717, 1.165) is 29.3 Å². The summed E-state index contributed by atoms with van der Waals surface area (Å²) in [5.74, 6) is -2.95. The Morgan fingerprint density at radius 2 is 1.85 bits per heavy atom. The summed E-state index contributed by atoms with van der Waals surface area (Å²) in [6.07, 6.45) is 2.09. The van der Waals surface area contributed by atoms with Crippen molar-refractivity contribution in [1.29, 1.82) is 0 Å². The smallest absolute Gasteiger partial charge is 0.271 e. The molecule has 4 heteroatoms. The Kier molecular flexibility index (Phi) is 6.66. The molecule has 0 amide bonds. The minimum atomic E-state index is -2.95. The molecule has 0 heterocycles. The Hall–Kier alpha value is -2.33. The van der Waals surface area contributed by atoms with Crippen molar-refractivity contribution in [1.82, 2.24) is 0 Å². The van der Waals surface area contributed by atoms with Crippen molar-refractivity contribution in [3.63, 3.8) is 0 Å². The number of para-hydroxylation sites is 1. The van der Waals surface area contributed by atoms with Gasteiger partial charge in [-0.15, -0.1) is 0 Å². The summed E-state index contributed by atoms with van der Waals surface area (Å²) in [7, 11) is 0. The van der Waals surface area contributed by atoms with Gasteiger partial charge in [0.1, 0.15) is 0 Å². The van der Waals surface area contributed by atoms with Gasteiger partial charge in [-0.3, -0.25) is 0 Å². The van der Waals surface area contributed by atoms with Crippen LogP contribution < -0.4 is 5.32 Å². The molecule has 2 rings (SSSR count). The zero-order chi connectivity index (χ0) is 20.2. The van der Waals surface area contributed by atoms with E-state index >= 15 is 0 Å². The summed E-state index contributed by atoms with van der Waals surface area (Å²) in [6, 6.07) is 13.6. The fraction of sp³-hybridized carbons (Fsp3) is 0.261. The Bertz CT molecular complexity index is 891. The van der Waals surface area contributed by atoms with Crippen LogP contribution in [0.1, 0.15) is 43.0 Å². The number of alkyl halides is 2. The molecular weight excluding hydrogens is 360 g/mol. The van der Waals surface area contributed by atoms with Crippen LogP contribution in [0.5, 0.6) is 0 Å². The van der Waals surface area contributed by atoms with Crippen molar-refractivity contribution in [3.05, 3.63) is 82.9 Å². The Labute approximate surface area is 165 Å². The summed E-state index contributed by atoms with van der Waals surface area (Å²) in [5, 5.41) is 3.18. The van der Waals surface area contributed by atoms with E-state index < -0.39 is 5.92 Å². The maximum Gasteiger partial charge on any atom is 0.271 e. The van der Waals surface area contributed by atoms with Crippen LogP contribution >= 0.6 is 12.2 Å². The molecule has 0 spiro atoms. The number of rotatable bonds is 6. The van der Waals surface area contributed by atoms with Gasteiger partial charge in [0, 0.05) is 18.2 Å². The molecule has 27 heavy (non-hydrogen) atoms. The number of aryl methyl sites for hydroxylation is 1. The van der Waals surface area contributed by atoms with Crippen molar-refractivity contribution in [2.24, 2.45) is 0 Å². The van der Waals surface area contributed by atoms with Gasteiger partial charge in [-0.05, 0) is 55.5 Å². The van der Waals surface area contributed by atoms with E-state index in [1.54, 1.807) is 6.92 Å². The van der Waals surface area contributed by atoms with Crippen LogP contribution in [0.2, 0.25) is 0 Å². The predicted octanol–water partition coefficient (Wildman–Crippen LogP) is 6.96. The van der Waals surface area contributed by atoms with Crippen molar-refractivity contribution < 1.29 is 8.78 Å². The summed E-state index contributed by atoms with van der Waals surface area (Å²) >= 11 is 5.14. The van der Waals surface area contributed by atoms with E-state index in [4.69, 9.17) is 12.2 Å². The Morgan fingerprint density at radius 3 is 2.44 bits per heavy atom. The maximum atomic E-state index is 14.2. The van der Waals surface area contributed by atoms with Crippen molar-refractivity contribution in [3.8, 4) is 0 Å². The SMILES string of the molecule is C=C(C)/C=C(\c1cc(Cc2ccccc2NC(C)=S)ccc1C)C(C)(F)F. The van der Waals surface area contributed by atoms with Crippen LogP contribution in [-0.2, 0) is 6.42 Å². The minimum absolute atomic E-state index is 0.00417. The molecule has 0 unspecified atom stereocenters. The van der Waals surface area contributed by atoms with E-state index in [9.17, 15) is 8.78 Å². The standard InChI is InChI=1S/C23H25F2NS/c1-15(2)12-21(23(5,24)25)20-14-18(11-10-16(20)3)13-19-8-6-7-9-22(19)26-17(4)27/h6-12,14H,1,13H2,2-5H3,(H,26,27)/b21-12+. The lowest BCUT2D eigenvalue weighted by Gasteiger charge is -2.19. The first-order valence-corrected chi connectivity index (χ1v) is 9.19. The molecule has 1 N–H and O–H groups in total. The van der Waals surface area contributed by atoms with Crippen molar-refractivity contribution in [2.45, 2.75) is 40.0 Å². The zero-order valence-corrected chi connectivity index (χ0v) is 17.0. The number of hydrogen-bond donors (Lipinski definition) is 1. The highest BCUT2D eigenvalue weighted by Gasteiger charge is 2.29. The van der Waals surface area contributed by atoms with Crippen molar-refractivity contribution in [2.75, 3.05) is 5.32 Å². The lowest BCUT2D eigenvalue weighted by atomic mass is 9.91. The van der Waals surface area contributed by atoms with E-state index in [0.29, 0.717) is 22.5 Å². The normalized spacial score (nSPS) is 12.0. The molecule has 0 radical (unpaired) electrons. The summed E-state index contributed by atoms with van der Waals surface area (Å²) in [4.78, 5) is 0.685. The van der Waals surface area contributed by atoms with Gasteiger partial charge in [0.25, 0.3) is 5.92 Å². The highest BCUT2D eigenvalue weighted by molar-refractivity contribution is 7.80. The number of benzene rings is 2. The van der Waals surface area contributed by atoms with Crippen LogP contribution in [0.3, 0.4) is 0 Å². The quantitative estimate of drug-likeness (QED) is 0.426. The third kappa shape index (κ3) is 5.83. The van der Waals surface area contributed by atoms with Gasteiger partial charge in [-0.2, -0.15) is 0 Å². The average molecular weight is 386 g/mol. The highest BCUT2D eigenvalue weighted by Crippen LogP contribution is 2.35. The Balaban J connectivity index is 2.47. The van der Waals surface area contributed by atoms with Crippen LogP contribution in [0.4, 0.5) is 14.5 Å². The number of thiocarbonyl (C=S) groups is 1. The fourth-order valence-corrected chi connectivity index (χ4v) is 3.07. The van der Waals surface area contributed by atoms with Gasteiger partial charge in [-0.1, -0.05) is 66.8 Å². The molecule has 0 aliphatic heterocycles. The molecule has 0 atom stereocenters. The number of halogens is 2. The second-order valence-corrected chi connectivity index (χ2v) is 7.57. The van der Waals surface area contributed by atoms with Crippen molar-refractivity contribution >= 4 is 28.5 Å². The van der Waals surface area contributed by atoms with Crippen LogP contribution in [0.25, 0.3) is 5.57 Å². The third-order valence-electron chi connectivity index (χ3n) is 4.18. The van der Waals surface area contributed by atoms with Gasteiger partial charge in [0.05, 0.1) is 4.99 Å². The fourth-order valence-electron chi connectivity index (χ4n) is 2.96. The number of allylic oxidation sites excluding steroid dienone is 3. The monoisotopic (exact) mass is 385 g/mol. The maximum absolute atomic E-state index is 14.2. The number of nitrogens with one attached hydrogen (secondary N) is 1. The third-order valence-corrected chi connectivity index (χ3v) is 4.28. The van der Waals surface area contributed by atoms with Gasteiger partial charge >= 0.3 is 0 Å². The van der Waals surface area contributed by atoms with E-state index in [1.165, 1.54) is 6.08 Å². The van der Waals surface area contributed by atoms with Crippen LogP contribution in [-0.4, -0.2) is 10.9 Å². The lowest BCUT2D eigenvalue weighted by molar-refractivity contribution is 0.0891. The Morgan fingerprint density at radius 1 is 1.19 bits per heavy atom. The molecule has 0 saturated heterocycles. The first kappa shape index (κ1) is 21.0. The summed E-state index contributed by atoms with van der Waals surface area (Å²) in [5.41, 5.74) is 4.92. The van der Waals surface area contributed by atoms with E-state index in [-0.39, 0.29) is 5.57 Å². The van der Waals surface area contributed by atoms with Gasteiger partial charge in [-0.25, -0.2) is 8.78 Å². The molecule has 2 aromatic carbocycles. The van der Waals surface area contributed by atoms with Gasteiger partial charge < -0.3 is 5.32 Å². The molecule has 1 nitrogen and oxygen atoms in total. The molecule has 0 fully saturated rings. The van der Waals surface area contributed by atoms with Crippen LogP contribution in [0.15, 0.2) is 60.7 Å². The topological polar surface area (TPSA) is 12.0 Å². The summed E-state index contributed by atoms with van der Waals surface area (Å²) in [6.45, 7) is 10.1. The number of hydrogen-bond acceptors (Lipinski definition) is 1. The molecular formula is C23H25F2NS. The molecule has 142 valence electrons. The largest absolute Gasteiger partial charge is 0.350 e. The lowest BCUT2D eigenvalue weighted by Crippen LogP contribution is -2.14. The van der Waals surface area contributed by atoms with Gasteiger partial charge in [0.2, 0.25) is 0 Å². The molecule has 0 aromatic heterocycles. The highest BCUT2D eigenvalue weighted by atomic mass is 32.1. The van der Waals surface area contributed by atoms with E-state index in [2.05, 4.69) is 11.9 Å². The molecule has 0 bridgehead atoms. The minimum Gasteiger partial charge on any atom is -0.350 e. The predicted molar refractivity (Wildman–Crippen MR) is 116 cm³/mol. The van der Waals surface area contributed by atoms with E-state index in [1.807, 2.05) is 56.3 Å². The molecule has 0 saturated carbocycles. The second-order valence-electron chi connectivity index (χ2n) is 6.96. The molecule has 0 aliphatic rings. The first-order valence-electron chi connectivity index (χ1n) is 8.79.